The zero-order valence-electron chi connectivity index (χ0n) is 12.9. The molecule has 0 fully saturated rings. The summed E-state index contributed by atoms with van der Waals surface area (Å²) in [6, 6.07) is 9.02. The van der Waals surface area contributed by atoms with Crippen molar-refractivity contribution in [3.05, 3.63) is 52.8 Å². The Labute approximate surface area is 126 Å². The van der Waals surface area contributed by atoms with Crippen molar-refractivity contribution < 1.29 is 0 Å². The van der Waals surface area contributed by atoms with E-state index in [1.165, 1.54) is 16.7 Å². The maximum atomic E-state index is 4.69. The van der Waals surface area contributed by atoms with Crippen LogP contribution < -0.4 is 10.2 Å². The van der Waals surface area contributed by atoms with E-state index in [-0.39, 0.29) is 0 Å². The summed E-state index contributed by atoms with van der Waals surface area (Å²) in [6.07, 6.45) is 1.95. The zero-order valence-corrected chi connectivity index (χ0v) is 12.9. The van der Waals surface area contributed by atoms with Gasteiger partial charge in [-0.3, -0.25) is 0 Å². The first-order valence-electron chi connectivity index (χ1n) is 7.51. The van der Waals surface area contributed by atoms with Crippen molar-refractivity contribution in [2.24, 2.45) is 0 Å². The molecule has 110 valence electrons. The van der Waals surface area contributed by atoms with Gasteiger partial charge in [0.25, 0.3) is 0 Å². The van der Waals surface area contributed by atoms with Gasteiger partial charge in [0.2, 0.25) is 5.95 Å². The molecular formula is C17H22N4. The Balaban J connectivity index is 1.75. The van der Waals surface area contributed by atoms with Crippen molar-refractivity contribution in [2.45, 2.75) is 46.4 Å². The van der Waals surface area contributed by atoms with E-state index in [0.29, 0.717) is 6.04 Å². The predicted molar refractivity (Wildman–Crippen MR) is 85.1 cm³/mol. The van der Waals surface area contributed by atoms with Crippen molar-refractivity contribution in [3.63, 3.8) is 0 Å². The molecule has 4 heteroatoms. The molecule has 1 aliphatic heterocycles. The van der Waals surface area contributed by atoms with Crippen LogP contribution in [0, 0.1) is 6.92 Å². The molecule has 0 radical (unpaired) electrons. The zero-order chi connectivity index (χ0) is 14.8. The number of hydrogen-bond acceptors (Lipinski definition) is 4. The molecule has 2 heterocycles. The van der Waals surface area contributed by atoms with Gasteiger partial charge in [0.05, 0.1) is 0 Å². The fourth-order valence-electron chi connectivity index (χ4n) is 2.59. The average molecular weight is 282 g/mol. The van der Waals surface area contributed by atoms with Crippen molar-refractivity contribution in [2.75, 3.05) is 4.90 Å². The minimum absolute atomic E-state index is 0.470. The Morgan fingerprint density at radius 3 is 2.43 bits per heavy atom. The number of anilines is 1. The normalized spacial score (nSPS) is 13.8. The van der Waals surface area contributed by atoms with Gasteiger partial charge in [0, 0.05) is 43.1 Å². The third-order valence-electron chi connectivity index (χ3n) is 3.89. The summed E-state index contributed by atoms with van der Waals surface area (Å²) in [5.41, 5.74) is 4.99. The molecule has 2 aromatic rings. The lowest BCUT2D eigenvalue weighted by atomic mass is 10.1. The Morgan fingerprint density at radius 2 is 1.86 bits per heavy atom. The van der Waals surface area contributed by atoms with Gasteiger partial charge in [-0.2, -0.15) is 0 Å². The summed E-state index contributed by atoms with van der Waals surface area (Å²) in [5.74, 6) is 0.831. The van der Waals surface area contributed by atoms with E-state index in [9.17, 15) is 0 Å². The van der Waals surface area contributed by atoms with Crippen molar-refractivity contribution in [1.29, 1.82) is 0 Å². The molecule has 0 bridgehead atoms. The summed E-state index contributed by atoms with van der Waals surface area (Å²) < 4.78 is 0. The molecule has 0 unspecified atom stereocenters. The number of benzene rings is 1. The van der Waals surface area contributed by atoms with Crippen LogP contribution in [0.25, 0.3) is 0 Å². The van der Waals surface area contributed by atoms with Gasteiger partial charge in [0.15, 0.2) is 0 Å². The summed E-state index contributed by atoms with van der Waals surface area (Å²) in [6.45, 7) is 8.98. The summed E-state index contributed by atoms with van der Waals surface area (Å²) in [4.78, 5) is 11.5. The maximum absolute atomic E-state index is 4.69. The lowest BCUT2D eigenvalue weighted by Gasteiger charge is -2.17. The fraction of sp³-hybridized carbons (Fsp3) is 0.412. The van der Waals surface area contributed by atoms with Crippen molar-refractivity contribution in [3.8, 4) is 0 Å². The van der Waals surface area contributed by atoms with E-state index in [0.717, 1.165) is 31.3 Å². The standard InChI is InChI=1S/C17H22N4/c1-12(2)18-8-16-9-19-17(20-13(16)3)21-10-14-6-4-5-7-15(14)11-21/h4-7,9,12,18H,8,10-11H2,1-3H3. The fourth-order valence-corrected chi connectivity index (χ4v) is 2.59. The Hall–Kier alpha value is -1.94. The highest BCUT2D eigenvalue weighted by molar-refractivity contribution is 5.43. The number of hydrogen-bond donors (Lipinski definition) is 1. The highest BCUT2D eigenvalue weighted by Gasteiger charge is 2.20. The second kappa shape index (κ2) is 5.82. The highest BCUT2D eigenvalue weighted by Crippen LogP contribution is 2.25. The van der Waals surface area contributed by atoms with Crippen LogP contribution in [0.3, 0.4) is 0 Å². The molecule has 21 heavy (non-hydrogen) atoms. The topological polar surface area (TPSA) is 41.1 Å². The Morgan fingerprint density at radius 1 is 1.19 bits per heavy atom. The van der Waals surface area contributed by atoms with Crippen LogP contribution in [0.5, 0.6) is 0 Å². The van der Waals surface area contributed by atoms with Crippen LogP contribution in [0.4, 0.5) is 5.95 Å². The summed E-state index contributed by atoms with van der Waals surface area (Å²) in [7, 11) is 0. The lowest BCUT2D eigenvalue weighted by Crippen LogP contribution is -2.23. The van der Waals surface area contributed by atoms with Gasteiger partial charge in [-0.1, -0.05) is 38.1 Å². The van der Waals surface area contributed by atoms with E-state index in [1.807, 2.05) is 6.20 Å². The second-order valence-corrected chi connectivity index (χ2v) is 5.94. The minimum atomic E-state index is 0.470. The molecule has 3 rings (SSSR count). The van der Waals surface area contributed by atoms with E-state index in [2.05, 4.69) is 60.2 Å². The number of nitrogens with one attached hydrogen (secondary N) is 1. The highest BCUT2D eigenvalue weighted by atomic mass is 15.3. The van der Waals surface area contributed by atoms with E-state index < -0.39 is 0 Å². The van der Waals surface area contributed by atoms with Crippen LogP contribution in [-0.2, 0) is 19.6 Å². The molecule has 4 nitrogen and oxygen atoms in total. The van der Waals surface area contributed by atoms with E-state index in [4.69, 9.17) is 4.98 Å². The molecule has 0 saturated heterocycles. The molecular weight excluding hydrogens is 260 g/mol. The Kier molecular flexibility index (Phi) is 3.88. The number of nitrogens with zero attached hydrogens (tertiary/aromatic N) is 3. The van der Waals surface area contributed by atoms with Crippen LogP contribution in [0.2, 0.25) is 0 Å². The van der Waals surface area contributed by atoms with Crippen LogP contribution in [0.15, 0.2) is 30.5 Å². The first kappa shape index (κ1) is 14.0. The third-order valence-corrected chi connectivity index (χ3v) is 3.89. The van der Waals surface area contributed by atoms with Gasteiger partial charge in [-0.25, -0.2) is 9.97 Å². The molecule has 0 amide bonds. The van der Waals surface area contributed by atoms with Gasteiger partial charge >= 0.3 is 0 Å². The van der Waals surface area contributed by atoms with Crippen molar-refractivity contribution in [1.82, 2.24) is 15.3 Å². The number of rotatable bonds is 4. The van der Waals surface area contributed by atoms with Gasteiger partial charge in [0.1, 0.15) is 0 Å². The molecule has 1 aromatic carbocycles. The molecule has 0 saturated carbocycles. The van der Waals surface area contributed by atoms with Crippen LogP contribution in [0.1, 0.15) is 36.2 Å². The summed E-state index contributed by atoms with van der Waals surface area (Å²) in [5, 5.41) is 3.41. The first-order chi connectivity index (χ1) is 10.1. The second-order valence-electron chi connectivity index (χ2n) is 5.94. The summed E-state index contributed by atoms with van der Waals surface area (Å²) >= 11 is 0. The van der Waals surface area contributed by atoms with Crippen LogP contribution >= 0.6 is 0 Å². The van der Waals surface area contributed by atoms with Gasteiger partial charge in [-0.05, 0) is 18.1 Å². The number of aryl methyl sites for hydroxylation is 1. The largest absolute Gasteiger partial charge is 0.332 e. The first-order valence-corrected chi connectivity index (χ1v) is 7.51. The molecule has 0 aliphatic carbocycles. The average Bonchev–Trinajstić information content (AvgIpc) is 2.89. The van der Waals surface area contributed by atoms with Crippen molar-refractivity contribution >= 4 is 5.95 Å². The van der Waals surface area contributed by atoms with E-state index >= 15 is 0 Å². The number of aromatic nitrogens is 2. The van der Waals surface area contributed by atoms with Crippen LogP contribution in [-0.4, -0.2) is 16.0 Å². The van der Waals surface area contributed by atoms with Gasteiger partial charge < -0.3 is 10.2 Å². The quantitative estimate of drug-likeness (QED) is 0.936. The maximum Gasteiger partial charge on any atom is 0.226 e. The van der Waals surface area contributed by atoms with E-state index in [1.54, 1.807) is 0 Å². The van der Waals surface area contributed by atoms with Gasteiger partial charge in [-0.15, -0.1) is 0 Å². The third kappa shape index (κ3) is 3.05. The molecule has 0 spiro atoms. The monoisotopic (exact) mass is 282 g/mol. The molecule has 1 N–H and O–H groups in total. The molecule has 1 aromatic heterocycles. The molecule has 0 atom stereocenters. The Bertz CT molecular complexity index is 611. The predicted octanol–water partition coefficient (Wildman–Crippen LogP) is 2.80. The minimum Gasteiger partial charge on any atom is -0.332 e. The smallest absolute Gasteiger partial charge is 0.226 e. The molecule has 1 aliphatic rings. The lowest BCUT2D eigenvalue weighted by molar-refractivity contribution is 0.584. The number of fused-ring (bicyclic) bond motifs is 1. The SMILES string of the molecule is Cc1nc(N2Cc3ccccc3C2)ncc1CNC(C)C.